The molecule has 1 N–H and O–H groups in total. The van der Waals surface area contributed by atoms with Crippen molar-refractivity contribution >= 4 is 23.5 Å². The summed E-state index contributed by atoms with van der Waals surface area (Å²) in [5.74, 6) is -0.279. The molecule has 1 aromatic heterocycles. The van der Waals surface area contributed by atoms with Gasteiger partial charge in [-0.15, -0.1) is 0 Å². The third-order valence-corrected chi connectivity index (χ3v) is 4.22. The second-order valence-corrected chi connectivity index (χ2v) is 5.84. The van der Waals surface area contributed by atoms with Gasteiger partial charge < -0.3 is 5.32 Å². The molecule has 0 saturated heterocycles. The molecule has 0 fully saturated rings. The van der Waals surface area contributed by atoms with Crippen molar-refractivity contribution in [3.8, 4) is 0 Å². The molecule has 5 heteroatoms. The van der Waals surface area contributed by atoms with Crippen molar-refractivity contribution in [1.29, 1.82) is 0 Å². The molecule has 3 nitrogen and oxygen atoms in total. The van der Waals surface area contributed by atoms with Gasteiger partial charge in [-0.05, 0) is 24.3 Å². The van der Waals surface area contributed by atoms with E-state index in [1.54, 1.807) is 18.3 Å². The molecule has 4 rings (SSSR count). The van der Waals surface area contributed by atoms with Crippen LogP contribution in [0.4, 0.5) is 4.39 Å². The zero-order valence-electron chi connectivity index (χ0n) is 12.3. The largest absolute Gasteiger partial charge is 0.360 e. The van der Waals surface area contributed by atoms with Crippen molar-refractivity contribution in [2.24, 2.45) is 7.05 Å². The van der Waals surface area contributed by atoms with Gasteiger partial charge in [-0.25, -0.2) is 4.39 Å². The van der Waals surface area contributed by atoms with E-state index in [4.69, 9.17) is 11.6 Å². The van der Waals surface area contributed by atoms with Crippen LogP contribution in [-0.4, -0.2) is 9.78 Å². The Hall–Kier alpha value is -2.59. The van der Waals surface area contributed by atoms with E-state index in [0.717, 1.165) is 21.0 Å². The van der Waals surface area contributed by atoms with E-state index in [1.807, 2.05) is 42.2 Å². The molecular formula is C18H13ClFN3. The van der Waals surface area contributed by atoms with Gasteiger partial charge in [0.15, 0.2) is 0 Å². The Bertz CT molecular complexity index is 1130. The minimum atomic E-state index is -0.279. The maximum atomic E-state index is 14.3. The number of benzene rings is 2. The molecule has 0 radical (unpaired) electrons. The van der Waals surface area contributed by atoms with E-state index >= 15 is 0 Å². The number of hydrogen-bond acceptors (Lipinski definition) is 2. The fourth-order valence-electron chi connectivity index (χ4n) is 2.93. The third kappa shape index (κ3) is 2.23. The Balaban J connectivity index is 2.28. The van der Waals surface area contributed by atoms with Crippen LogP contribution < -0.4 is 15.8 Å². The van der Waals surface area contributed by atoms with E-state index in [1.165, 1.54) is 6.07 Å². The highest BCUT2D eigenvalue weighted by Crippen LogP contribution is 2.15. The van der Waals surface area contributed by atoms with Crippen molar-refractivity contribution in [3.05, 3.63) is 86.1 Å². The second-order valence-electron chi connectivity index (χ2n) is 5.41. The van der Waals surface area contributed by atoms with Crippen LogP contribution in [0.1, 0.15) is 5.56 Å². The lowest BCUT2D eigenvalue weighted by molar-refractivity contribution is 0.623. The van der Waals surface area contributed by atoms with E-state index in [9.17, 15) is 4.39 Å². The van der Waals surface area contributed by atoms with E-state index < -0.39 is 0 Å². The van der Waals surface area contributed by atoms with Crippen LogP contribution in [0.5, 0.6) is 0 Å². The smallest absolute Gasteiger partial charge is 0.132 e. The van der Waals surface area contributed by atoms with Gasteiger partial charge in [0.05, 0.1) is 17.2 Å². The quantitative estimate of drug-likeness (QED) is 0.741. The van der Waals surface area contributed by atoms with Crippen LogP contribution in [0.2, 0.25) is 5.02 Å². The zero-order valence-corrected chi connectivity index (χ0v) is 13.1. The van der Waals surface area contributed by atoms with Crippen LogP contribution >= 0.6 is 11.6 Å². The molecule has 0 amide bonds. The maximum Gasteiger partial charge on any atom is 0.132 e. The molecule has 23 heavy (non-hydrogen) atoms. The molecule has 3 aromatic rings. The first kappa shape index (κ1) is 14.0. The van der Waals surface area contributed by atoms with Crippen LogP contribution in [0.25, 0.3) is 11.9 Å². The fourth-order valence-corrected chi connectivity index (χ4v) is 3.11. The lowest BCUT2D eigenvalue weighted by atomic mass is 10.1. The molecule has 2 aromatic carbocycles. The van der Waals surface area contributed by atoms with Gasteiger partial charge in [0.1, 0.15) is 5.82 Å². The summed E-state index contributed by atoms with van der Waals surface area (Å²) in [5.41, 5.74) is 1.20. The molecule has 0 atom stereocenters. The maximum absolute atomic E-state index is 14.3. The number of rotatable bonds is 1. The Morgan fingerprint density at radius 1 is 1.13 bits per heavy atom. The Morgan fingerprint density at radius 2 is 1.96 bits per heavy atom. The third-order valence-electron chi connectivity index (χ3n) is 3.99. The highest BCUT2D eigenvalue weighted by molar-refractivity contribution is 6.30. The number of halogens is 2. The first-order valence-corrected chi connectivity index (χ1v) is 7.57. The minimum absolute atomic E-state index is 0.279. The molecule has 0 bridgehead atoms. The molecule has 0 spiro atoms. The summed E-state index contributed by atoms with van der Waals surface area (Å²) >= 11 is 6.20. The van der Waals surface area contributed by atoms with E-state index in [0.29, 0.717) is 16.3 Å². The molecule has 1 aliphatic heterocycles. The van der Waals surface area contributed by atoms with E-state index in [-0.39, 0.29) is 5.82 Å². The van der Waals surface area contributed by atoms with Crippen LogP contribution in [0.3, 0.4) is 0 Å². The highest BCUT2D eigenvalue weighted by atomic mass is 35.5. The number of aryl methyl sites for hydroxylation is 1. The van der Waals surface area contributed by atoms with Gasteiger partial charge in [-0.2, -0.15) is 5.10 Å². The fraction of sp³-hybridized carbons (Fsp3) is 0.0556. The van der Waals surface area contributed by atoms with Crippen molar-refractivity contribution in [2.75, 3.05) is 0 Å². The topological polar surface area (TPSA) is 29.9 Å². The van der Waals surface area contributed by atoms with Crippen molar-refractivity contribution < 1.29 is 4.39 Å². The number of aromatic nitrogens is 2. The summed E-state index contributed by atoms with van der Waals surface area (Å²) in [6, 6.07) is 12.3. The molecule has 114 valence electrons. The van der Waals surface area contributed by atoms with Crippen LogP contribution in [0.15, 0.2) is 48.7 Å². The van der Waals surface area contributed by atoms with Crippen molar-refractivity contribution in [3.63, 3.8) is 0 Å². The van der Waals surface area contributed by atoms with Crippen molar-refractivity contribution in [2.45, 2.75) is 0 Å². The number of nitrogens with zero attached hydrogens (tertiary/aromatic N) is 2. The molecule has 1 aliphatic rings. The van der Waals surface area contributed by atoms with Gasteiger partial charge in [0.25, 0.3) is 0 Å². The molecular weight excluding hydrogens is 313 g/mol. The number of fused-ring (bicyclic) bond motifs is 2. The van der Waals surface area contributed by atoms with Crippen LogP contribution in [-0.2, 0) is 7.05 Å². The number of hydrogen-bond donors (Lipinski definition) is 1. The summed E-state index contributed by atoms with van der Waals surface area (Å²) in [4.78, 5) is 0. The summed E-state index contributed by atoms with van der Waals surface area (Å²) in [6.07, 6.45) is 3.63. The van der Waals surface area contributed by atoms with Gasteiger partial charge in [0.2, 0.25) is 0 Å². The van der Waals surface area contributed by atoms with Crippen LogP contribution in [0, 0.1) is 16.4 Å². The standard InChI is InChI=1S/C18H13ClFN3/c1-23-18-11(10-22-23)9-21-17(14-4-2-3-5-16(14)20)15-8-12(19)6-7-13(15)18/h2-10,21H,1H3. The van der Waals surface area contributed by atoms with Crippen molar-refractivity contribution in [1.82, 2.24) is 15.1 Å². The average molecular weight is 326 g/mol. The second kappa shape index (κ2) is 5.25. The summed E-state index contributed by atoms with van der Waals surface area (Å²) in [6.45, 7) is 0. The summed E-state index contributed by atoms with van der Waals surface area (Å²) in [7, 11) is 1.89. The number of nitrogens with one attached hydrogen (secondary N) is 1. The SMILES string of the molecule is Cn1ncc2c1=c1ccc(Cl)cc1=C(c1ccccc1F)NC=2. The average Bonchev–Trinajstić information content (AvgIpc) is 2.82. The molecule has 2 heterocycles. The van der Waals surface area contributed by atoms with Gasteiger partial charge >= 0.3 is 0 Å². The normalized spacial score (nSPS) is 12.7. The molecule has 0 saturated carbocycles. The molecule has 0 aliphatic carbocycles. The lowest BCUT2D eigenvalue weighted by Crippen LogP contribution is -2.19. The minimum Gasteiger partial charge on any atom is -0.360 e. The van der Waals surface area contributed by atoms with Gasteiger partial charge in [0, 0.05) is 39.5 Å². The summed E-state index contributed by atoms with van der Waals surface area (Å²) < 4.78 is 16.1. The first-order valence-electron chi connectivity index (χ1n) is 7.19. The lowest BCUT2D eigenvalue weighted by Gasteiger charge is -2.09. The zero-order chi connectivity index (χ0) is 16.0. The van der Waals surface area contributed by atoms with Gasteiger partial charge in [-0.1, -0.05) is 29.8 Å². The predicted octanol–water partition coefficient (Wildman–Crippen LogP) is 2.00. The van der Waals surface area contributed by atoms with E-state index in [2.05, 4.69) is 10.4 Å². The Morgan fingerprint density at radius 3 is 2.78 bits per heavy atom. The Labute approximate surface area is 136 Å². The monoisotopic (exact) mass is 325 g/mol. The first-order chi connectivity index (χ1) is 11.1. The Kier molecular flexibility index (Phi) is 3.20. The molecule has 0 unspecified atom stereocenters. The van der Waals surface area contributed by atoms with Gasteiger partial charge in [-0.3, -0.25) is 4.68 Å². The summed E-state index contributed by atoms with van der Waals surface area (Å²) in [5, 5.41) is 11.9. The predicted molar refractivity (Wildman–Crippen MR) is 88.1 cm³/mol. The highest BCUT2D eigenvalue weighted by Gasteiger charge is 2.11.